The van der Waals surface area contributed by atoms with Crippen molar-refractivity contribution < 1.29 is 9.47 Å². The van der Waals surface area contributed by atoms with Gasteiger partial charge in [0.25, 0.3) is 0 Å². The van der Waals surface area contributed by atoms with E-state index in [2.05, 4.69) is 16.1 Å². The summed E-state index contributed by atoms with van der Waals surface area (Å²) in [5.41, 5.74) is 10.4. The minimum absolute atomic E-state index is 0.361. The fourth-order valence-electron chi connectivity index (χ4n) is 1.49. The van der Waals surface area contributed by atoms with E-state index < -0.39 is 0 Å². The molecule has 92 valence electrons. The Kier molecular flexibility index (Phi) is 5.93. The summed E-state index contributed by atoms with van der Waals surface area (Å²) >= 11 is 0. The van der Waals surface area contributed by atoms with Gasteiger partial charge in [0.05, 0.1) is 13.2 Å². The van der Waals surface area contributed by atoms with Gasteiger partial charge in [-0.2, -0.15) is 0 Å². The summed E-state index contributed by atoms with van der Waals surface area (Å²) in [7, 11) is 0. The minimum Gasteiger partial charge on any atom is -0.491 e. The number of hydrogen-bond acceptors (Lipinski definition) is 3. The van der Waals surface area contributed by atoms with E-state index in [0.717, 1.165) is 5.75 Å². The summed E-state index contributed by atoms with van der Waals surface area (Å²) < 4.78 is 10.8. The monoisotopic (exact) mass is 235 g/mol. The molecule has 0 spiro atoms. The number of aryl methyl sites for hydroxylation is 2. The highest BCUT2D eigenvalue weighted by Crippen LogP contribution is 2.15. The van der Waals surface area contributed by atoms with Crippen LogP contribution < -0.4 is 4.74 Å². The van der Waals surface area contributed by atoms with Crippen LogP contribution in [0.15, 0.2) is 23.3 Å². The predicted molar refractivity (Wildman–Crippen MR) is 66.2 cm³/mol. The van der Waals surface area contributed by atoms with Crippen molar-refractivity contribution in [1.29, 1.82) is 0 Å². The quantitative estimate of drug-likeness (QED) is 0.315. The number of nitrogens with zero attached hydrogens (tertiary/aromatic N) is 3. The Labute approximate surface area is 101 Å². The predicted octanol–water partition coefficient (Wildman–Crippen LogP) is 3.01. The average Bonchev–Trinajstić information content (AvgIpc) is 2.26. The molecule has 1 aromatic rings. The highest BCUT2D eigenvalue weighted by atomic mass is 16.5. The van der Waals surface area contributed by atoms with Gasteiger partial charge in [-0.15, -0.1) is 0 Å². The zero-order valence-electron chi connectivity index (χ0n) is 10.2. The van der Waals surface area contributed by atoms with Gasteiger partial charge in [0, 0.05) is 11.5 Å². The topological polar surface area (TPSA) is 67.2 Å². The molecule has 5 heteroatoms. The van der Waals surface area contributed by atoms with Crippen LogP contribution >= 0.6 is 0 Å². The van der Waals surface area contributed by atoms with E-state index in [9.17, 15) is 0 Å². The molecule has 0 aliphatic carbocycles. The third-order valence-electron chi connectivity index (χ3n) is 2.09. The Balaban J connectivity index is 2.19. The molecule has 1 rings (SSSR count). The zero-order chi connectivity index (χ0) is 12.5. The Hall–Kier alpha value is -1.71. The Bertz CT molecular complexity index is 380. The standard InChI is InChI=1S/C12H17N3O2/c1-10-7-11(2)9-12(8-10)17-6-5-16-4-3-14-15-13/h7-9H,3-6H2,1-2H3. The van der Waals surface area contributed by atoms with E-state index in [1.807, 2.05) is 26.0 Å². The molecule has 0 saturated carbocycles. The minimum atomic E-state index is 0.361. The summed E-state index contributed by atoms with van der Waals surface area (Å²) in [6.07, 6.45) is 0. The Morgan fingerprint density at radius 3 is 2.47 bits per heavy atom. The van der Waals surface area contributed by atoms with Crippen LogP contribution in [0.2, 0.25) is 0 Å². The highest BCUT2D eigenvalue weighted by Gasteiger charge is 1.96. The molecule has 0 bridgehead atoms. The van der Waals surface area contributed by atoms with E-state index in [-0.39, 0.29) is 0 Å². The van der Waals surface area contributed by atoms with E-state index >= 15 is 0 Å². The average molecular weight is 235 g/mol. The van der Waals surface area contributed by atoms with Gasteiger partial charge in [-0.1, -0.05) is 11.2 Å². The third kappa shape index (κ3) is 5.80. The molecule has 0 fully saturated rings. The lowest BCUT2D eigenvalue weighted by Gasteiger charge is -2.08. The molecule has 0 aliphatic rings. The molecule has 17 heavy (non-hydrogen) atoms. The molecule has 0 atom stereocenters. The van der Waals surface area contributed by atoms with Crippen molar-refractivity contribution in [3.63, 3.8) is 0 Å². The molecule has 1 aromatic carbocycles. The number of benzene rings is 1. The van der Waals surface area contributed by atoms with E-state index in [0.29, 0.717) is 26.4 Å². The van der Waals surface area contributed by atoms with Gasteiger partial charge in [0.2, 0.25) is 0 Å². The Morgan fingerprint density at radius 2 is 1.82 bits per heavy atom. The fourth-order valence-corrected chi connectivity index (χ4v) is 1.49. The van der Waals surface area contributed by atoms with Gasteiger partial charge in [-0.3, -0.25) is 0 Å². The van der Waals surface area contributed by atoms with Gasteiger partial charge in [0.1, 0.15) is 12.4 Å². The van der Waals surface area contributed by atoms with Gasteiger partial charge in [-0.25, -0.2) is 0 Å². The second kappa shape index (κ2) is 7.54. The van der Waals surface area contributed by atoms with Crippen molar-refractivity contribution >= 4 is 0 Å². The lowest BCUT2D eigenvalue weighted by molar-refractivity contribution is 0.106. The molecule has 0 radical (unpaired) electrons. The second-order valence-corrected chi connectivity index (χ2v) is 3.74. The molecular formula is C12H17N3O2. The molecular weight excluding hydrogens is 218 g/mol. The first-order valence-corrected chi connectivity index (χ1v) is 5.52. The molecule has 0 amide bonds. The maximum absolute atomic E-state index is 8.05. The first-order chi connectivity index (χ1) is 8.22. The molecule has 0 N–H and O–H groups in total. The lowest BCUT2D eigenvalue weighted by Crippen LogP contribution is -2.08. The lowest BCUT2D eigenvalue weighted by atomic mass is 10.1. The van der Waals surface area contributed by atoms with Gasteiger partial charge < -0.3 is 9.47 Å². The third-order valence-corrected chi connectivity index (χ3v) is 2.09. The zero-order valence-corrected chi connectivity index (χ0v) is 10.2. The Morgan fingerprint density at radius 1 is 1.12 bits per heavy atom. The normalized spacial score (nSPS) is 9.76. The van der Waals surface area contributed by atoms with Crippen molar-refractivity contribution in [3.8, 4) is 5.75 Å². The van der Waals surface area contributed by atoms with E-state index in [4.69, 9.17) is 15.0 Å². The van der Waals surface area contributed by atoms with Crippen molar-refractivity contribution in [1.82, 2.24) is 0 Å². The van der Waals surface area contributed by atoms with E-state index in [1.165, 1.54) is 11.1 Å². The summed E-state index contributed by atoms with van der Waals surface area (Å²) in [6.45, 7) is 5.86. The summed E-state index contributed by atoms with van der Waals surface area (Å²) in [6, 6.07) is 6.09. The molecule has 0 aliphatic heterocycles. The number of ether oxygens (including phenoxy) is 2. The molecule has 5 nitrogen and oxygen atoms in total. The van der Waals surface area contributed by atoms with E-state index in [1.54, 1.807) is 0 Å². The maximum Gasteiger partial charge on any atom is 0.119 e. The number of azide groups is 1. The number of hydrogen-bond donors (Lipinski definition) is 0. The smallest absolute Gasteiger partial charge is 0.119 e. The second-order valence-electron chi connectivity index (χ2n) is 3.74. The number of rotatable bonds is 7. The molecule has 0 unspecified atom stereocenters. The summed E-state index contributed by atoms with van der Waals surface area (Å²) in [5.74, 6) is 0.862. The van der Waals surface area contributed by atoms with Crippen LogP contribution in [0.3, 0.4) is 0 Å². The maximum atomic E-state index is 8.05. The summed E-state index contributed by atoms with van der Waals surface area (Å²) in [4.78, 5) is 2.63. The van der Waals surface area contributed by atoms with Crippen molar-refractivity contribution in [3.05, 3.63) is 39.8 Å². The van der Waals surface area contributed by atoms with Crippen molar-refractivity contribution in [2.45, 2.75) is 13.8 Å². The molecule has 0 saturated heterocycles. The van der Waals surface area contributed by atoms with Crippen LogP contribution in [-0.2, 0) is 4.74 Å². The van der Waals surface area contributed by atoms with Crippen molar-refractivity contribution in [2.24, 2.45) is 5.11 Å². The van der Waals surface area contributed by atoms with Crippen LogP contribution in [0.5, 0.6) is 5.75 Å². The molecule has 0 aromatic heterocycles. The van der Waals surface area contributed by atoms with Gasteiger partial charge in [-0.05, 0) is 42.6 Å². The highest BCUT2D eigenvalue weighted by molar-refractivity contribution is 5.32. The fraction of sp³-hybridized carbons (Fsp3) is 0.500. The SMILES string of the molecule is Cc1cc(C)cc(OCCOCCN=[N+]=[N-])c1. The van der Waals surface area contributed by atoms with Crippen LogP contribution in [0.25, 0.3) is 10.4 Å². The molecule has 0 heterocycles. The first kappa shape index (κ1) is 13.4. The van der Waals surface area contributed by atoms with Gasteiger partial charge in [0.15, 0.2) is 0 Å². The van der Waals surface area contributed by atoms with Gasteiger partial charge >= 0.3 is 0 Å². The largest absolute Gasteiger partial charge is 0.491 e. The van der Waals surface area contributed by atoms with Crippen LogP contribution in [0.4, 0.5) is 0 Å². The van der Waals surface area contributed by atoms with Crippen LogP contribution in [-0.4, -0.2) is 26.4 Å². The van der Waals surface area contributed by atoms with Crippen molar-refractivity contribution in [2.75, 3.05) is 26.4 Å². The van der Waals surface area contributed by atoms with Crippen LogP contribution in [0, 0.1) is 13.8 Å². The first-order valence-electron chi connectivity index (χ1n) is 5.52. The van der Waals surface area contributed by atoms with Crippen LogP contribution in [0.1, 0.15) is 11.1 Å². The summed E-state index contributed by atoms with van der Waals surface area (Å²) in [5, 5.41) is 3.37.